The van der Waals surface area contributed by atoms with E-state index in [4.69, 9.17) is 11.6 Å². The molecule has 0 aliphatic carbocycles. The van der Waals surface area contributed by atoms with Gasteiger partial charge < -0.3 is 0 Å². The van der Waals surface area contributed by atoms with Crippen LogP contribution in [0.1, 0.15) is 25.2 Å². The number of halogens is 1. The second-order valence-electron chi connectivity index (χ2n) is 7.00. The fourth-order valence-corrected chi connectivity index (χ4v) is 3.19. The summed E-state index contributed by atoms with van der Waals surface area (Å²) in [6.45, 7) is 6.33. The second-order valence-corrected chi connectivity index (χ2v) is 7.41. The number of aryl methyl sites for hydroxylation is 1. The van der Waals surface area contributed by atoms with Crippen molar-refractivity contribution in [3.8, 4) is 22.6 Å². The summed E-state index contributed by atoms with van der Waals surface area (Å²) in [5, 5.41) is 16.8. The van der Waals surface area contributed by atoms with E-state index >= 15 is 0 Å². The zero-order chi connectivity index (χ0) is 18.3. The molecule has 0 saturated heterocycles. The molecule has 2 aromatic heterocycles. The number of aromatic nitrogens is 5. The van der Waals surface area contributed by atoms with Gasteiger partial charge in [0.25, 0.3) is 0 Å². The molecule has 0 amide bonds. The van der Waals surface area contributed by atoms with Crippen molar-refractivity contribution < 1.29 is 0 Å². The molecule has 0 fully saturated rings. The standard InChI is InChI=1S/C20H20ClN5/c1-11(2)8-18-22-20(26-24-18)14-5-7-17-15(10-14)19(25-23-17)13-4-6-16(21)12(3)9-13/h4-7,9-11H,8H2,1-3H3,(H,23,25)(H,22,24,26). The molecular formula is C20H20ClN5. The van der Waals surface area contributed by atoms with Gasteiger partial charge in [-0.05, 0) is 48.7 Å². The van der Waals surface area contributed by atoms with Gasteiger partial charge in [0.15, 0.2) is 5.82 Å². The number of aromatic amines is 2. The molecule has 0 aliphatic heterocycles. The van der Waals surface area contributed by atoms with Crippen molar-refractivity contribution in [2.75, 3.05) is 0 Å². The van der Waals surface area contributed by atoms with Crippen LogP contribution in [0.3, 0.4) is 0 Å². The van der Waals surface area contributed by atoms with E-state index in [2.05, 4.69) is 51.4 Å². The molecule has 6 heteroatoms. The first kappa shape index (κ1) is 16.8. The number of benzene rings is 2. The van der Waals surface area contributed by atoms with Crippen LogP contribution >= 0.6 is 11.6 Å². The SMILES string of the molecule is Cc1cc(-c2n[nH]c3ccc(-c4n[nH]c(CC(C)C)n4)cc23)ccc1Cl. The molecule has 4 aromatic rings. The Morgan fingerprint density at radius 2 is 1.81 bits per heavy atom. The highest BCUT2D eigenvalue weighted by Gasteiger charge is 2.13. The van der Waals surface area contributed by atoms with Crippen LogP contribution in [0.4, 0.5) is 0 Å². The van der Waals surface area contributed by atoms with Crippen LogP contribution in [0.2, 0.25) is 5.02 Å². The van der Waals surface area contributed by atoms with Gasteiger partial charge in [-0.25, -0.2) is 4.98 Å². The lowest BCUT2D eigenvalue weighted by Gasteiger charge is -2.03. The summed E-state index contributed by atoms with van der Waals surface area (Å²) in [7, 11) is 0. The predicted molar refractivity (Wildman–Crippen MR) is 105 cm³/mol. The zero-order valence-corrected chi connectivity index (χ0v) is 15.7. The largest absolute Gasteiger partial charge is 0.277 e. The second kappa shape index (κ2) is 6.57. The Morgan fingerprint density at radius 1 is 1.00 bits per heavy atom. The fourth-order valence-electron chi connectivity index (χ4n) is 3.07. The number of nitrogens with one attached hydrogen (secondary N) is 2. The van der Waals surface area contributed by atoms with Crippen molar-refractivity contribution in [2.45, 2.75) is 27.2 Å². The average molecular weight is 366 g/mol. The predicted octanol–water partition coefficient (Wildman–Crippen LogP) is 5.18. The Labute approximate surface area is 156 Å². The van der Waals surface area contributed by atoms with Gasteiger partial charge in [-0.2, -0.15) is 10.2 Å². The monoisotopic (exact) mass is 365 g/mol. The van der Waals surface area contributed by atoms with Gasteiger partial charge in [-0.3, -0.25) is 10.2 Å². The quantitative estimate of drug-likeness (QED) is 0.523. The topological polar surface area (TPSA) is 70.2 Å². The maximum Gasteiger partial charge on any atom is 0.181 e. The van der Waals surface area contributed by atoms with Crippen LogP contribution in [0.15, 0.2) is 36.4 Å². The van der Waals surface area contributed by atoms with E-state index in [1.165, 1.54) is 0 Å². The van der Waals surface area contributed by atoms with Gasteiger partial charge in [-0.1, -0.05) is 31.5 Å². The Hall–Kier alpha value is -2.66. The Kier molecular flexibility index (Phi) is 4.24. The molecule has 5 nitrogen and oxygen atoms in total. The van der Waals surface area contributed by atoms with E-state index in [-0.39, 0.29) is 0 Å². The van der Waals surface area contributed by atoms with E-state index in [0.29, 0.717) is 11.7 Å². The molecule has 2 N–H and O–H groups in total. The van der Waals surface area contributed by atoms with Crippen molar-refractivity contribution in [3.05, 3.63) is 52.8 Å². The average Bonchev–Trinajstić information content (AvgIpc) is 3.23. The Morgan fingerprint density at radius 3 is 2.58 bits per heavy atom. The molecule has 0 unspecified atom stereocenters. The van der Waals surface area contributed by atoms with Crippen LogP contribution in [0.25, 0.3) is 33.5 Å². The van der Waals surface area contributed by atoms with Crippen molar-refractivity contribution in [1.82, 2.24) is 25.4 Å². The lowest BCUT2D eigenvalue weighted by molar-refractivity contribution is 0.622. The van der Waals surface area contributed by atoms with Crippen LogP contribution in [0.5, 0.6) is 0 Å². The number of rotatable bonds is 4. The third kappa shape index (κ3) is 3.10. The number of hydrogen-bond acceptors (Lipinski definition) is 3. The minimum atomic E-state index is 0.534. The highest BCUT2D eigenvalue weighted by Crippen LogP contribution is 2.31. The van der Waals surface area contributed by atoms with Crippen molar-refractivity contribution in [3.63, 3.8) is 0 Å². The summed E-state index contributed by atoms with van der Waals surface area (Å²) in [6.07, 6.45) is 0.885. The van der Waals surface area contributed by atoms with Gasteiger partial charge in [0.05, 0.1) is 11.2 Å². The maximum atomic E-state index is 6.16. The minimum Gasteiger partial charge on any atom is -0.277 e. The van der Waals surface area contributed by atoms with Gasteiger partial charge in [0.2, 0.25) is 0 Å². The van der Waals surface area contributed by atoms with Gasteiger partial charge in [0, 0.05) is 28.0 Å². The smallest absolute Gasteiger partial charge is 0.181 e. The number of fused-ring (bicyclic) bond motifs is 1. The minimum absolute atomic E-state index is 0.534. The van der Waals surface area contributed by atoms with Crippen LogP contribution < -0.4 is 0 Å². The molecule has 0 atom stereocenters. The third-order valence-electron chi connectivity index (χ3n) is 4.39. The van der Waals surface area contributed by atoms with Crippen LogP contribution in [0, 0.1) is 12.8 Å². The van der Waals surface area contributed by atoms with Crippen molar-refractivity contribution in [2.24, 2.45) is 5.92 Å². The molecule has 0 aliphatic rings. The number of nitrogens with zero attached hydrogens (tertiary/aromatic N) is 3. The first-order chi connectivity index (χ1) is 12.5. The highest BCUT2D eigenvalue weighted by atomic mass is 35.5. The Bertz CT molecular complexity index is 1080. The van der Waals surface area contributed by atoms with E-state index in [0.717, 1.165) is 50.6 Å². The first-order valence-corrected chi connectivity index (χ1v) is 9.05. The third-order valence-corrected chi connectivity index (χ3v) is 4.81. The number of H-pyrrole nitrogens is 2. The van der Waals surface area contributed by atoms with Crippen molar-refractivity contribution >= 4 is 22.5 Å². The molecule has 2 heterocycles. The maximum absolute atomic E-state index is 6.16. The van der Waals surface area contributed by atoms with Crippen LogP contribution in [-0.4, -0.2) is 25.4 Å². The Balaban J connectivity index is 1.77. The molecule has 26 heavy (non-hydrogen) atoms. The van der Waals surface area contributed by atoms with Crippen molar-refractivity contribution in [1.29, 1.82) is 0 Å². The summed E-state index contributed by atoms with van der Waals surface area (Å²) in [5.74, 6) is 2.16. The lowest BCUT2D eigenvalue weighted by Crippen LogP contribution is -1.95. The van der Waals surface area contributed by atoms with E-state index in [1.807, 2.05) is 31.2 Å². The number of hydrogen-bond donors (Lipinski definition) is 2. The molecule has 0 spiro atoms. The fraction of sp³-hybridized carbons (Fsp3) is 0.250. The molecular weight excluding hydrogens is 346 g/mol. The molecule has 2 aromatic carbocycles. The van der Waals surface area contributed by atoms with E-state index in [9.17, 15) is 0 Å². The first-order valence-electron chi connectivity index (χ1n) is 8.67. The summed E-state index contributed by atoms with van der Waals surface area (Å²) < 4.78 is 0. The van der Waals surface area contributed by atoms with Crippen LogP contribution in [-0.2, 0) is 6.42 Å². The molecule has 132 valence electrons. The van der Waals surface area contributed by atoms with Gasteiger partial charge in [-0.15, -0.1) is 0 Å². The molecule has 4 rings (SSSR count). The van der Waals surface area contributed by atoms with E-state index in [1.54, 1.807) is 0 Å². The summed E-state index contributed by atoms with van der Waals surface area (Å²) in [6, 6.07) is 12.1. The zero-order valence-electron chi connectivity index (χ0n) is 15.0. The normalized spacial score (nSPS) is 11.6. The molecule has 0 bridgehead atoms. The summed E-state index contributed by atoms with van der Waals surface area (Å²) in [4.78, 5) is 4.63. The molecule has 0 saturated carbocycles. The highest BCUT2D eigenvalue weighted by molar-refractivity contribution is 6.31. The summed E-state index contributed by atoms with van der Waals surface area (Å²) in [5.41, 5.74) is 4.92. The van der Waals surface area contributed by atoms with E-state index < -0.39 is 0 Å². The van der Waals surface area contributed by atoms with Gasteiger partial charge >= 0.3 is 0 Å². The molecule has 0 radical (unpaired) electrons. The lowest BCUT2D eigenvalue weighted by atomic mass is 10.0. The summed E-state index contributed by atoms with van der Waals surface area (Å²) >= 11 is 6.16. The van der Waals surface area contributed by atoms with Gasteiger partial charge in [0.1, 0.15) is 5.82 Å².